The molecule has 1 aromatic rings. The molecule has 2 heterocycles. The van der Waals surface area contributed by atoms with Crippen LogP contribution in [0.3, 0.4) is 0 Å². The lowest BCUT2D eigenvalue weighted by Crippen LogP contribution is -2.36. The molecule has 0 radical (unpaired) electrons. The van der Waals surface area contributed by atoms with Gasteiger partial charge in [0.15, 0.2) is 0 Å². The Morgan fingerprint density at radius 3 is 2.72 bits per heavy atom. The summed E-state index contributed by atoms with van der Waals surface area (Å²) >= 11 is 0. The number of likely N-dealkylation sites (N-methyl/N-ethyl adjacent to an activating group) is 1. The summed E-state index contributed by atoms with van der Waals surface area (Å²) in [6, 6.07) is 8.23. The van der Waals surface area contributed by atoms with E-state index in [4.69, 9.17) is 14.5 Å². The molecule has 0 atom stereocenters. The largest absolute Gasteiger partial charge is 0.464 e. The number of para-hydroxylation sites is 2. The van der Waals surface area contributed by atoms with Gasteiger partial charge in [-0.3, -0.25) is 4.79 Å². The second kappa shape index (κ2) is 8.20. The molecule has 3 rings (SSSR count). The van der Waals surface area contributed by atoms with Crippen molar-refractivity contribution in [2.45, 2.75) is 6.92 Å². The van der Waals surface area contributed by atoms with Crippen molar-refractivity contribution in [3.8, 4) is 0 Å². The number of esters is 1. The molecule has 0 aliphatic carbocycles. The maximum absolute atomic E-state index is 11.0. The van der Waals surface area contributed by atoms with Gasteiger partial charge in [0.05, 0.1) is 31.1 Å². The van der Waals surface area contributed by atoms with Crippen LogP contribution in [0.1, 0.15) is 6.92 Å². The molecular formula is C18H26N4O3. The summed E-state index contributed by atoms with van der Waals surface area (Å²) in [6.07, 6.45) is 0. The number of anilines is 1. The van der Waals surface area contributed by atoms with Crippen LogP contribution < -0.4 is 4.90 Å². The van der Waals surface area contributed by atoms with Gasteiger partial charge >= 0.3 is 5.97 Å². The van der Waals surface area contributed by atoms with Crippen LogP contribution in [-0.4, -0.2) is 81.3 Å². The van der Waals surface area contributed by atoms with E-state index in [1.165, 1.54) is 6.92 Å². The highest BCUT2D eigenvalue weighted by atomic mass is 16.5. The van der Waals surface area contributed by atoms with Gasteiger partial charge in [0.1, 0.15) is 6.61 Å². The molecule has 25 heavy (non-hydrogen) atoms. The van der Waals surface area contributed by atoms with Crippen molar-refractivity contribution >= 4 is 23.3 Å². The van der Waals surface area contributed by atoms with E-state index in [2.05, 4.69) is 20.8 Å². The van der Waals surface area contributed by atoms with Gasteiger partial charge in [-0.2, -0.15) is 0 Å². The average molecular weight is 346 g/mol. The zero-order valence-corrected chi connectivity index (χ0v) is 15.0. The molecule has 7 nitrogen and oxygen atoms in total. The summed E-state index contributed by atoms with van der Waals surface area (Å²) in [5.41, 5.74) is 2.10. The maximum Gasteiger partial charge on any atom is 0.302 e. The van der Waals surface area contributed by atoms with Gasteiger partial charge in [0.2, 0.25) is 5.96 Å². The molecule has 2 saturated heterocycles. The van der Waals surface area contributed by atoms with Crippen LogP contribution in [0.5, 0.6) is 0 Å². The van der Waals surface area contributed by atoms with Crippen molar-refractivity contribution < 1.29 is 14.3 Å². The number of rotatable bonds is 5. The molecule has 136 valence electrons. The maximum atomic E-state index is 11.0. The Balaban J connectivity index is 1.78. The zero-order chi connectivity index (χ0) is 17.6. The van der Waals surface area contributed by atoms with E-state index in [-0.39, 0.29) is 5.97 Å². The first-order chi connectivity index (χ1) is 12.1. The topological polar surface area (TPSA) is 57.6 Å². The minimum Gasteiger partial charge on any atom is -0.464 e. The zero-order valence-electron chi connectivity index (χ0n) is 15.0. The van der Waals surface area contributed by atoms with E-state index in [0.717, 1.165) is 56.7 Å². The van der Waals surface area contributed by atoms with Gasteiger partial charge < -0.3 is 24.2 Å². The van der Waals surface area contributed by atoms with Crippen LogP contribution in [-0.2, 0) is 14.3 Å². The quantitative estimate of drug-likeness (QED) is 0.750. The summed E-state index contributed by atoms with van der Waals surface area (Å²) in [5.74, 6) is 0.677. The molecule has 2 fully saturated rings. The summed E-state index contributed by atoms with van der Waals surface area (Å²) in [6.45, 7) is 7.54. The second-order valence-corrected chi connectivity index (χ2v) is 6.25. The summed E-state index contributed by atoms with van der Waals surface area (Å²) < 4.78 is 10.5. The fraction of sp³-hybridized carbons (Fsp3) is 0.556. The predicted molar refractivity (Wildman–Crippen MR) is 97.4 cm³/mol. The molecule has 2 aliphatic rings. The Morgan fingerprint density at radius 1 is 1.20 bits per heavy atom. The molecule has 0 unspecified atom stereocenters. The standard InChI is InChI=1S/C18H26N4O3/c1-15(23)25-14-11-22-8-7-20(2)18(22)19-16-5-3-4-6-17(16)21-9-12-24-13-10-21/h3-6H,7-14H2,1-2H3/b19-18+. The van der Waals surface area contributed by atoms with Gasteiger partial charge in [0, 0.05) is 40.2 Å². The molecular weight excluding hydrogens is 320 g/mol. The Kier molecular flexibility index (Phi) is 5.75. The van der Waals surface area contributed by atoms with Gasteiger partial charge in [-0.15, -0.1) is 0 Å². The van der Waals surface area contributed by atoms with Crippen molar-refractivity contribution in [1.82, 2.24) is 9.80 Å². The smallest absolute Gasteiger partial charge is 0.302 e. The molecule has 2 aliphatic heterocycles. The summed E-state index contributed by atoms with van der Waals surface area (Å²) in [4.78, 5) is 22.5. The van der Waals surface area contributed by atoms with Crippen molar-refractivity contribution in [1.29, 1.82) is 0 Å². The Morgan fingerprint density at radius 2 is 1.96 bits per heavy atom. The minimum absolute atomic E-state index is 0.247. The highest BCUT2D eigenvalue weighted by Gasteiger charge is 2.24. The highest BCUT2D eigenvalue weighted by Crippen LogP contribution is 2.30. The van der Waals surface area contributed by atoms with Gasteiger partial charge in [0.25, 0.3) is 0 Å². The Labute approximate surface area is 148 Å². The average Bonchev–Trinajstić information content (AvgIpc) is 2.96. The number of aliphatic imine (C=N–C) groups is 1. The lowest BCUT2D eigenvalue weighted by molar-refractivity contribution is -0.141. The third kappa shape index (κ3) is 4.42. The molecule has 0 N–H and O–H groups in total. The van der Waals surface area contributed by atoms with E-state index in [1.807, 2.05) is 25.2 Å². The van der Waals surface area contributed by atoms with Crippen molar-refractivity contribution in [3.05, 3.63) is 24.3 Å². The second-order valence-electron chi connectivity index (χ2n) is 6.25. The number of hydrogen-bond acceptors (Lipinski definition) is 5. The molecule has 7 heteroatoms. The lowest BCUT2D eigenvalue weighted by Gasteiger charge is -2.30. The van der Waals surface area contributed by atoms with Crippen LogP contribution in [0.15, 0.2) is 29.3 Å². The lowest BCUT2D eigenvalue weighted by atomic mass is 10.2. The summed E-state index contributed by atoms with van der Waals surface area (Å²) in [5, 5.41) is 0. The number of ether oxygens (including phenoxy) is 2. The Hall–Kier alpha value is -2.28. The number of hydrogen-bond donors (Lipinski definition) is 0. The molecule has 1 aromatic carbocycles. The van der Waals surface area contributed by atoms with Gasteiger partial charge in [-0.05, 0) is 12.1 Å². The molecule has 0 bridgehead atoms. The normalized spacial score (nSPS) is 19.6. The fourth-order valence-electron chi connectivity index (χ4n) is 3.12. The van der Waals surface area contributed by atoms with Crippen LogP contribution in [0.25, 0.3) is 0 Å². The molecule has 0 amide bonds. The number of morpholine rings is 1. The highest BCUT2D eigenvalue weighted by molar-refractivity contribution is 5.86. The van der Waals surface area contributed by atoms with Crippen LogP contribution in [0, 0.1) is 0 Å². The predicted octanol–water partition coefficient (Wildman–Crippen LogP) is 1.32. The van der Waals surface area contributed by atoms with E-state index < -0.39 is 0 Å². The minimum atomic E-state index is -0.247. The molecule has 0 spiro atoms. The molecule has 0 aromatic heterocycles. The summed E-state index contributed by atoms with van der Waals surface area (Å²) in [7, 11) is 2.04. The number of carbonyl (C=O) groups is 1. The molecule has 0 saturated carbocycles. The number of nitrogens with zero attached hydrogens (tertiary/aromatic N) is 4. The van der Waals surface area contributed by atoms with Crippen LogP contribution in [0.2, 0.25) is 0 Å². The number of benzene rings is 1. The third-order valence-electron chi connectivity index (χ3n) is 4.45. The first-order valence-corrected chi connectivity index (χ1v) is 8.75. The van der Waals surface area contributed by atoms with Crippen molar-refractivity contribution in [2.24, 2.45) is 4.99 Å². The van der Waals surface area contributed by atoms with Gasteiger partial charge in [-0.1, -0.05) is 12.1 Å². The van der Waals surface area contributed by atoms with Crippen LogP contribution >= 0.6 is 0 Å². The monoisotopic (exact) mass is 346 g/mol. The van der Waals surface area contributed by atoms with Crippen LogP contribution in [0.4, 0.5) is 11.4 Å². The van der Waals surface area contributed by atoms with Gasteiger partial charge in [-0.25, -0.2) is 4.99 Å². The van der Waals surface area contributed by atoms with Crippen molar-refractivity contribution in [3.63, 3.8) is 0 Å². The van der Waals surface area contributed by atoms with E-state index in [9.17, 15) is 4.79 Å². The Bertz CT molecular complexity index is 629. The van der Waals surface area contributed by atoms with Crippen molar-refractivity contribution in [2.75, 3.05) is 64.5 Å². The van der Waals surface area contributed by atoms with E-state index >= 15 is 0 Å². The number of carbonyl (C=O) groups excluding carboxylic acids is 1. The SMILES string of the molecule is CC(=O)OCCN1CCN(C)/C1=N\c1ccccc1N1CCOCC1. The van der Waals surface area contributed by atoms with E-state index in [1.54, 1.807) is 0 Å². The third-order valence-corrected chi connectivity index (χ3v) is 4.45. The number of guanidine groups is 1. The fourth-order valence-corrected chi connectivity index (χ4v) is 3.12. The first kappa shape index (κ1) is 17.5. The van der Waals surface area contributed by atoms with E-state index in [0.29, 0.717) is 13.2 Å². The first-order valence-electron chi connectivity index (χ1n) is 8.75.